The van der Waals surface area contributed by atoms with Crippen LogP contribution in [0.5, 0.6) is 0 Å². The number of nitrogens with one attached hydrogen (secondary N) is 1. The molecular weight excluding hydrogens is 395 g/mol. The van der Waals surface area contributed by atoms with Crippen molar-refractivity contribution in [3.8, 4) is 5.82 Å². The molecule has 2 aromatic heterocycles. The molecule has 0 saturated heterocycles. The van der Waals surface area contributed by atoms with Crippen LogP contribution >= 0.6 is 23.2 Å². The van der Waals surface area contributed by atoms with Gasteiger partial charge in [0, 0.05) is 5.56 Å². The van der Waals surface area contributed by atoms with Gasteiger partial charge in [-0.2, -0.15) is 9.78 Å². The van der Waals surface area contributed by atoms with E-state index in [4.69, 9.17) is 28.9 Å². The number of hydrazone groups is 1. The zero-order valence-electron chi connectivity index (χ0n) is 14.1. The number of anilines is 1. The molecule has 1 aromatic carbocycles. The summed E-state index contributed by atoms with van der Waals surface area (Å²) in [6.45, 7) is 1.95. The highest BCUT2D eigenvalue weighted by atomic mass is 35.5. The van der Waals surface area contributed by atoms with Crippen molar-refractivity contribution < 1.29 is 9.42 Å². The lowest BCUT2D eigenvalue weighted by Crippen LogP contribution is -2.20. The molecule has 0 aliphatic rings. The second-order valence-corrected chi connectivity index (χ2v) is 6.15. The Bertz CT molecular complexity index is 998. The third-order valence-electron chi connectivity index (χ3n) is 3.51. The van der Waals surface area contributed by atoms with Crippen molar-refractivity contribution in [3.63, 3.8) is 0 Å². The van der Waals surface area contributed by atoms with Gasteiger partial charge in [0.2, 0.25) is 11.6 Å². The number of hydrogen-bond donors (Lipinski definition) is 2. The minimum Gasteiger partial charge on any atom is -0.378 e. The summed E-state index contributed by atoms with van der Waals surface area (Å²) in [4.78, 5) is 12.5. The molecule has 0 aliphatic carbocycles. The number of nitrogens with two attached hydrogens (primary N) is 1. The maximum atomic E-state index is 12.5. The highest BCUT2D eigenvalue weighted by Gasteiger charge is 2.23. The van der Waals surface area contributed by atoms with E-state index >= 15 is 0 Å². The van der Waals surface area contributed by atoms with E-state index < -0.39 is 5.91 Å². The van der Waals surface area contributed by atoms with Gasteiger partial charge in [-0.25, -0.2) is 10.1 Å². The summed E-state index contributed by atoms with van der Waals surface area (Å²) >= 11 is 12.0. The first-order valence-corrected chi connectivity index (χ1v) is 8.59. The normalized spacial score (nSPS) is 11.2. The lowest BCUT2D eigenvalue weighted by molar-refractivity contribution is 0.0949. The van der Waals surface area contributed by atoms with Crippen molar-refractivity contribution >= 4 is 41.1 Å². The fraction of sp³-hybridized carbons (Fsp3) is 0.200. The Labute approximate surface area is 163 Å². The van der Waals surface area contributed by atoms with Crippen molar-refractivity contribution in [2.75, 3.05) is 5.73 Å². The summed E-state index contributed by atoms with van der Waals surface area (Å²) in [6, 6.07) is 5.08. The molecule has 3 N–H and O–H groups in total. The molecule has 0 radical (unpaired) electrons. The van der Waals surface area contributed by atoms with Crippen molar-refractivity contribution in [1.29, 1.82) is 0 Å². The number of nitrogen functional groups attached to an aromatic ring is 1. The van der Waals surface area contributed by atoms with E-state index in [-0.39, 0.29) is 17.3 Å². The van der Waals surface area contributed by atoms with E-state index in [2.05, 4.69) is 35.8 Å². The van der Waals surface area contributed by atoms with Crippen LogP contribution in [0.2, 0.25) is 10.0 Å². The molecule has 0 aliphatic heterocycles. The highest BCUT2D eigenvalue weighted by molar-refractivity contribution is 6.43. The summed E-state index contributed by atoms with van der Waals surface area (Å²) in [5.41, 5.74) is 9.24. The standard InChI is InChI=1S/C15H14Cl2N8O2/c1-2-4-10-12(20-24-25(10)14-13(18)22-27-23-14)15(26)21-19-7-8-5-3-6-9(16)11(8)17/h3,5-7H,2,4H2,1H3,(H2,18,22)(H,21,26)/b19-7+. The molecule has 0 spiro atoms. The molecular formula is C15H14Cl2N8O2. The topological polar surface area (TPSA) is 137 Å². The molecule has 140 valence electrons. The highest BCUT2D eigenvalue weighted by Crippen LogP contribution is 2.24. The molecule has 10 nitrogen and oxygen atoms in total. The van der Waals surface area contributed by atoms with Crippen LogP contribution in [0.3, 0.4) is 0 Å². The van der Waals surface area contributed by atoms with Gasteiger partial charge in [-0.1, -0.05) is 53.9 Å². The van der Waals surface area contributed by atoms with Crippen LogP contribution in [0.15, 0.2) is 27.9 Å². The maximum Gasteiger partial charge on any atom is 0.293 e. The first-order valence-electron chi connectivity index (χ1n) is 7.83. The number of halogens is 2. The SMILES string of the molecule is CCCc1c(C(=O)N/N=C/c2cccc(Cl)c2Cl)nnn1-c1nonc1N. The van der Waals surface area contributed by atoms with Gasteiger partial charge in [0.25, 0.3) is 5.91 Å². The lowest BCUT2D eigenvalue weighted by Gasteiger charge is -2.04. The van der Waals surface area contributed by atoms with E-state index in [0.29, 0.717) is 27.7 Å². The second-order valence-electron chi connectivity index (χ2n) is 5.36. The van der Waals surface area contributed by atoms with Crippen LogP contribution in [0.25, 0.3) is 5.82 Å². The predicted molar refractivity (Wildman–Crippen MR) is 99.1 cm³/mol. The summed E-state index contributed by atoms with van der Waals surface area (Å²) in [7, 11) is 0. The maximum absolute atomic E-state index is 12.5. The smallest absolute Gasteiger partial charge is 0.293 e. The lowest BCUT2D eigenvalue weighted by atomic mass is 10.2. The Morgan fingerprint density at radius 2 is 2.22 bits per heavy atom. The zero-order valence-corrected chi connectivity index (χ0v) is 15.6. The predicted octanol–water partition coefficient (Wildman–Crippen LogP) is 2.26. The summed E-state index contributed by atoms with van der Waals surface area (Å²) in [5.74, 6) is -0.342. The number of hydrogen-bond acceptors (Lipinski definition) is 8. The average Bonchev–Trinajstić information content (AvgIpc) is 3.25. The fourth-order valence-electron chi connectivity index (χ4n) is 2.28. The Kier molecular flexibility index (Phi) is 5.67. The van der Waals surface area contributed by atoms with Crippen molar-refractivity contribution in [2.45, 2.75) is 19.8 Å². The number of rotatable bonds is 6. The van der Waals surface area contributed by atoms with Crippen LogP contribution in [-0.2, 0) is 6.42 Å². The Balaban J connectivity index is 1.82. The molecule has 3 rings (SSSR count). The van der Waals surface area contributed by atoms with Crippen LogP contribution < -0.4 is 11.2 Å². The summed E-state index contributed by atoms with van der Waals surface area (Å²) < 4.78 is 5.90. The van der Waals surface area contributed by atoms with E-state index in [1.165, 1.54) is 10.9 Å². The first-order chi connectivity index (χ1) is 13.0. The van der Waals surface area contributed by atoms with Gasteiger partial charge in [-0.3, -0.25) is 4.79 Å². The van der Waals surface area contributed by atoms with Crippen LogP contribution in [-0.4, -0.2) is 37.4 Å². The van der Waals surface area contributed by atoms with E-state index in [9.17, 15) is 4.79 Å². The van der Waals surface area contributed by atoms with Crippen LogP contribution in [0.1, 0.15) is 35.1 Å². The molecule has 27 heavy (non-hydrogen) atoms. The fourth-order valence-corrected chi connectivity index (χ4v) is 2.64. The Morgan fingerprint density at radius 3 is 2.93 bits per heavy atom. The number of amides is 1. The Hall–Kier alpha value is -2.98. The molecule has 0 fully saturated rings. The van der Waals surface area contributed by atoms with Gasteiger partial charge in [0.1, 0.15) is 0 Å². The average molecular weight is 409 g/mol. The van der Waals surface area contributed by atoms with Crippen LogP contribution in [0, 0.1) is 0 Å². The van der Waals surface area contributed by atoms with Gasteiger partial charge in [-0.15, -0.1) is 5.10 Å². The van der Waals surface area contributed by atoms with Gasteiger partial charge >= 0.3 is 0 Å². The molecule has 0 saturated carbocycles. The molecule has 0 atom stereocenters. The summed E-state index contributed by atoms with van der Waals surface area (Å²) in [6.07, 6.45) is 2.63. The largest absolute Gasteiger partial charge is 0.378 e. The van der Waals surface area contributed by atoms with Gasteiger partial charge in [-0.05, 0) is 22.8 Å². The number of benzene rings is 1. The van der Waals surface area contributed by atoms with Crippen LogP contribution in [0.4, 0.5) is 5.82 Å². The number of carbonyl (C=O) groups is 1. The third-order valence-corrected chi connectivity index (χ3v) is 4.35. The van der Waals surface area contributed by atoms with Gasteiger partial charge in [0.15, 0.2) is 5.69 Å². The minimum absolute atomic E-state index is 0.0397. The van der Waals surface area contributed by atoms with Crippen molar-refractivity contribution in [1.82, 2.24) is 30.7 Å². The minimum atomic E-state index is -0.547. The van der Waals surface area contributed by atoms with E-state index in [1.807, 2.05) is 6.92 Å². The first kappa shape index (κ1) is 18.8. The number of aromatic nitrogens is 5. The molecule has 0 bridgehead atoms. The molecule has 0 unspecified atom stereocenters. The quantitative estimate of drug-likeness (QED) is 0.471. The van der Waals surface area contributed by atoms with Crippen molar-refractivity contribution in [2.24, 2.45) is 5.10 Å². The molecule has 1 amide bonds. The zero-order chi connectivity index (χ0) is 19.4. The van der Waals surface area contributed by atoms with Gasteiger partial charge < -0.3 is 5.73 Å². The number of carbonyl (C=O) groups excluding carboxylic acids is 1. The summed E-state index contributed by atoms with van der Waals surface area (Å²) in [5, 5.41) is 19.6. The van der Waals surface area contributed by atoms with Gasteiger partial charge in [0.05, 0.1) is 22.0 Å². The van der Waals surface area contributed by atoms with Crippen molar-refractivity contribution in [3.05, 3.63) is 45.2 Å². The molecule has 2 heterocycles. The second kappa shape index (κ2) is 8.14. The molecule has 3 aromatic rings. The monoisotopic (exact) mass is 408 g/mol. The third kappa shape index (κ3) is 3.91. The molecule has 12 heteroatoms. The Morgan fingerprint density at radius 1 is 1.41 bits per heavy atom. The number of nitrogens with zero attached hydrogens (tertiary/aromatic N) is 6. The van der Waals surface area contributed by atoms with E-state index in [1.54, 1.807) is 18.2 Å². The van der Waals surface area contributed by atoms with E-state index in [0.717, 1.165) is 6.42 Å².